The lowest BCUT2D eigenvalue weighted by Gasteiger charge is -2.09. The van der Waals surface area contributed by atoms with E-state index in [2.05, 4.69) is 15.3 Å². The van der Waals surface area contributed by atoms with Crippen molar-refractivity contribution in [3.8, 4) is 0 Å². The van der Waals surface area contributed by atoms with Crippen LogP contribution in [0.2, 0.25) is 0 Å². The monoisotopic (exact) mass is 389 g/mol. The summed E-state index contributed by atoms with van der Waals surface area (Å²) in [6, 6.07) is 21.0. The number of thioether (sulfide) groups is 1. The lowest BCUT2D eigenvalue weighted by molar-refractivity contribution is 0.0949. The second-order valence-corrected chi connectivity index (χ2v) is 7.27. The summed E-state index contributed by atoms with van der Waals surface area (Å²) < 4.78 is 5.75. The van der Waals surface area contributed by atoms with Crippen LogP contribution in [0.25, 0.3) is 11.1 Å². The largest absolute Gasteiger partial charge is 0.431 e. The number of nitrogens with one attached hydrogen (secondary N) is 1. The smallest absolute Gasteiger partial charge is 0.257 e. The van der Waals surface area contributed by atoms with Gasteiger partial charge in [0.15, 0.2) is 5.58 Å². The highest BCUT2D eigenvalue weighted by Crippen LogP contribution is 2.27. The van der Waals surface area contributed by atoms with Crippen LogP contribution in [0.15, 0.2) is 76.4 Å². The highest BCUT2D eigenvalue weighted by atomic mass is 32.2. The molecular weight excluding hydrogens is 370 g/mol. The van der Waals surface area contributed by atoms with Gasteiger partial charge in [-0.15, -0.1) is 0 Å². The van der Waals surface area contributed by atoms with Crippen molar-refractivity contribution in [3.63, 3.8) is 0 Å². The molecule has 1 N–H and O–H groups in total. The molecule has 0 spiro atoms. The Bertz CT molecular complexity index is 1090. The van der Waals surface area contributed by atoms with E-state index in [1.807, 2.05) is 73.7 Å². The van der Waals surface area contributed by atoms with Crippen molar-refractivity contribution in [2.75, 3.05) is 0 Å². The van der Waals surface area contributed by atoms with Gasteiger partial charge in [0.2, 0.25) is 0 Å². The predicted octanol–water partition coefficient (Wildman–Crippen LogP) is 4.75. The molecule has 2 aromatic carbocycles. The Balaban J connectivity index is 1.44. The van der Waals surface area contributed by atoms with Crippen molar-refractivity contribution in [3.05, 3.63) is 89.2 Å². The average Bonchev–Trinajstić information content (AvgIpc) is 3.14. The third-order valence-corrected chi connectivity index (χ3v) is 5.14. The maximum Gasteiger partial charge on any atom is 0.257 e. The number of aryl methyl sites for hydroxylation is 1. The fourth-order valence-corrected chi connectivity index (χ4v) is 3.73. The molecule has 2 heterocycles. The van der Waals surface area contributed by atoms with E-state index in [1.165, 1.54) is 11.8 Å². The summed E-state index contributed by atoms with van der Waals surface area (Å²) in [5.74, 6) is 0.483. The molecule has 0 aliphatic heterocycles. The Morgan fingerprint density at radius 2 is 1.82 bits per heavy atom. The zero-order chi connectivity index (χ0) is 19.3. The Labute approximate surface area is 167 Å². The number of benzene rings is 2. The molecule has 0 aliphatic rings. The van der Waals surface area contributed by atoms with Crippen LogP contribution in [-0.4, -0.2) is 15.9 Å². The van der Waals surface area contributed by atoms with E-state index < -0.39 is 0 Å². The number of carbonyl (C=O) groups excluding carboxylic acids is 1. The number of pyridine rings is 1. The van der Waals surface area contributed by atoms with Gasteiger partial charge in [-0.3, -0.25) is 9.78 Å². The van der Waals surface area contributed by atoms with Crippen molar-refractivity contribution in [2.24, 2.45) is 0 Å². The topological polar surface area (TPSA) is 68.0 Å². The fraction of sp³-hybridized carbons (Fsp3) is 0.136. The number of amides is 1. The van der Waals surface area contributed by atoms with Crippen molar-refractivity contribution >= 4 is 28.8 Å². The molecule has 0 saturated carbocycles. The second kappa shape index (κ2) is 8.27. The van der Waals surface area contributed by atoms with Gasteiger partial charge in [-0.25, -0.2) is 4.98 Å². The third-order valence-electron chi connectivity index (χ3n) is 4.26. The third kappa shape index (κ3) is 4.23. The summed E-state index contributed by atoms with van der Waals surface area (Å²) in [5.41, 5.74) is 4.96. The van der Waals surface area contributed by atoms with E-state index in [-0.39, 0.29) is 5.91 Å². The summed E-state index contributed by atoms with van der Waals surface area (Å²) in [5, 5.41) is 3.55. The van der Waals surface area contributed by atoms with E-state index in [4.69, 9.17) is 4.42 Å². The quantitative estimate of drug-likeness (QED) is 0.482. The minimum atomic E-state index is -0.114. The first kappa shape index (κ1) is 18.3. The van der Waals surface area contributed by atoms with Crippen LogP contribution in [0.1, 0.15) is 27.3 Å². The Morgan fingerprint density at radius 3 is 2.68 bits per heavy atom. The van der Waals surface area contributed by atoms with Crippen molar-refractivity contribution in [1.29, 1.82) is 0 Å². The molecule has 0 atom stereocenters. The highest BCUT2D eigenvalue weighted by Gasteiger charge is 2.13. The predicted molar refractivity (Wildman–Crippen MR) is 110 cm³/mol. The van der Waals surface area contributed by atoms with Crippen LogP contribution in [-0.2, 0) is 12.3 Å². The zero-order valence-electron chi connectivity index (χ0n) is 15.4. The van der Waals surface area contributed by atoms with Gasteiger partial charge in [0, 0.05) is 17.0 Å². The van der Waals surface area contributed by atoms with Crippen LogP contribution in [0.3, 0.4) is 0 Å². The molecular formula is C22H19N3O2S. The summed E-state index contributed by atoms with van der Waals surface area (Å²) >= 11 is 1.48. The Hall–Kier alpha value is -3.12. The average molecular weight is 389 g/mol. The Kier molecular flexibility index (Phi) is 5.39. The van der Waals surface area contributed by atoms with Crippen LogP contribution < -0.4 is 5.32 Å². The van der Waals surface area contributed by atoms with Crippen molar-refractivity contribution in [1.82, 2.24) is 15.3 Å². The molecule has 5 nitrogen and oxygen atoms in total. The van der Waals surface area contributed by atoms with E-state index in [0.29, 0.717) is 23.1 Å². The minimum absolute atomic E-state index is 0.114. The van der Waals surface area contributed by atoms with Crippen LogP contribution in [0.4, 0.5) is 0 Å². The van der Waals surface area contributed by atoms with Gasteiger partial charge in [-0.05, 0) is 42.8 Å². The number of oxazole rings is 1. The molecule has 1 amide bonds. The first-order valence-corrected chi connectivity index (χ1v) is 9.94. The molecule has 140 valence electrons. The molecule has 0 bridgehead atoms. The van der Waals surface area contributed by atoms with E-state index in [9.17, 15) is 4.79 Å². The summed E-state index contributed by atoms with van der Waals surface area (Å²) in [6.45, 7) is 2.33. The van der Waals surface area contributed by atoms with Gasteiger partial charge in [-0.2, -0.15) is 0 Å². The summed E-state index contributed by atoms with van der Waals surface area (Å²) in [7, 11) is 0. The number of carbonyl (C=O) groups is 1. The van der Waals surface area contributed by atoms with Gasteiger partial charge in [0.1, 0.15) is 5.52 Å². The first-order chi connectivity index (χ1) is 13.7. The lowest BCUT2D eigenvalue weighted by Crippen LogP contribution is -2.24. The van der Waals surface area contributed by atoms with Gasteiger partial charge >= 0.3 is 0 Å². The summed E-state index contributed by atoms with van der Waals surface area (Å²) in [6.07, 6.45) is 0. The Morgan fingerprint density at radius 1 is 1.00 bits per heavy atom. The number of hydrogen-bond donors (Lipinski definition) is 1. The van der Waals surface area contributed by atoms with Crippen molar-refractivity contribution in [2.45, 2.75) is 24.4 Å². The fourth-order valence-electron chi connectivity index (χ4n) is 2.88. The van der Waals surface area contributed by atoms with Crippen LogP contribution in [0, 0.1) is 6.92 Å². The van der Waals surface area contributed by atoms with Crippen molar-refractivity contribution < 1.29 is 9.21 Å². The normalized spacial score (nSPS) is 10.9. The summed E-state index contributed by atoms with van der Waals surface area (Å²) in [4.78, 5) is 21.6. The molecule has 0 aliphatic carbocycles. The number of nitrogens with zero attached hydrogens (tertiary/aromatic N) is 2. The van der Waals surface area contributed by atoms with Crippen LogP contribution in [0.5, 0.6) is 0 Å². The number of para-hydroxylation sites is 2. The molecule has 2 aromatic heterocycles. The SMILES string of the molecule is Cc1cccc(CNC(=O)c2ccccc2CSc2nc3ccccc3o2)n1. The van der Waals surface area contributed by atoms with E-state index in [1.54, 1.807) is 0 Å². The molecule has 28 heavy (non-hydrogen) atoms. The standard InChI is InChI=1S/C22H19N3O2S/c1-15-7-6-9-17(24-15)13-23-21(26)18-10-3-2-8-16(18)14-28-22-25-19-11-4-5-12-20(19)27-22/h2-12H,13-14H2,1H3,(H,23,26). The second-order valence-electron chi connectivity index (χ2n) is 6.35. The van der Waals surface area contributed by atoms with E-state index in [0.717, 1.165) is 28.1 Å². The molecule has 6 heteroatoms. The molecule has 0 saturated heterocycles. The van der Waals surface area contributed by atoms with Gasteiger partial charge < -0.3 is 9.73 Å². The molecule has 0 radical (unpaired) electrons. The van der Waals surface area contributed by atoms with Gasteiger partial charge in [0.25, 0.3) is 11.1 Å². The maximum atomic E-state index is 12.7. The first-order valence-electron chi connectivity index (χ1n) is 8.96. The number of rotatable bonds is 6. The molecule has 0 unspecified atom stereocenters. The number of aromatic nitrogens is 2. The van der Waals surface area contributed by atoms with E-state index >= 15 is 0 Å². The minimum Gasteiger partial charge on any atom is -0.431 e. The molecule has 4 rings (SSSR count). The number of fused-ring (bicyclic) bond motifs is 1. The maximum absolute atomic E-state index is 12.7. The number of hydrogen-bond acceptors (Lipinski definition) is 5. The van der Waals surface area contributed by atoms with Gasteiger partial charge in [-0.1, -0.05) is 48.2 Å². The zero-order valence-corrected chi connectivity index (χ0v) is 16.2. The lowest BCUT2D eigenvalue weighted by atomic mass is 10.1. The molecule has 0 fully saturated rings. The van der Waals surface area contributed by atoms with Gasteiger partial charge in [0.05, 0.1) is 12.2 Å². The highest BCUT2D eigenvalue weighted by molar-refractivity contribution is 7.98. The molecule has 4 aromatic rings. The van der Waals surface area contributed by atoms with Crippen LogP contribution >= 0.6 is 11.8 Å².